The summed E-state index contributed by atoms with van der Waals surface area (Å²) in [5.74, 6) is 0.582. The van der Waals surface area contributed by atoms with E-state index in [0.717, 1.165) is 0 Å². The second kappa shape index (κ2) is 5.67. The number of ether oxygens (including phenoxy) is 1. The van der Waals surface area contributed by atoms with Crippen LogP contribution in [0.5, 0.6) is 5.75 Å². The van der Waals surface area contributed by atoms with Crippen LogP contribution in [0.25, 0.3) is 0 Å². The van der Waals surface area contributed by atoms with Gasteiger partial charge in [0.25, 0.3) is 5.24 Å². The van der Waals surface area contributed by atoms with Crippen molar-refractivity contribution in [1.82, 2.24) is 0 Å². The molecule has 0 saturated heterocycles. The Hall–Kier alpha value is -0.930. The summed E-state index contributed by atoms with van der Waals surface area (Å²) in [6.07, 6.45) is 0. The summed E-state index contributed by atoms with van der Waals surface area (Å²) in [6.45, 7) is -0.120. The predicted molar refractivity (Wildman–Crippen MR) is 54.5 cm³/mol. The van der Waals surface area contributed by atoms with E-state index in [0.29, 0.717) is 11.4 Å². The smallest absolute Gasteiger partial charge is 0.259 e. The number of carbonyl (C=O) groups is 1. The molecule has 2 N–H and O–H groups in total. The van der Waals surface area contributed by atoms with Crippen LogP contribution in [0.3, 0.4) is 0 Å². The van der Waals surface area contributed by atoms with Gasteiger partial charge < -0.3 is 10.5 Å². The molecule has 0 aromatic heterocycles. The van der Waals surface area contributed by atoms with E-state index in [1.807, 2.05) is 0 Å². The molecule has 0 bridgehead atoms. The number of rotatable bonds is 3. The van der Waals surface area contributed by atoms with E-state index in [2.05, 4.69) is 0 Å². The Bertz CT molecular complexity index is 274. The number of anilines is 1. The summed E-state index contributed by atoms with van der Waals surface area (Å²) in [6, 6.07) is 6.73. The number of hydrogen-bond acceptors (Lipinski definition) is 3. The number of halogens is 2. The minimum absolute atomic E-state index is 0. The second-order valence-corrected chi connectivity index (χ2v) is 2.63. The van der Waals surface area contributed by atoms with Crippen molar-refractivity contribution in [3.8, 4) is 5.75 Å². The zero-order valence-electron chi connectivity index (χ0n) is 6.70. The first-order valence-corrected chi connectivity index (χ1v) is 3.73. The van der Waals surface area contributed by atoms with Crippen molar-refractivity contribution in [2.24, 2.45) is 0 Å². The van der Waals surface area contributed by atoms with Crippen LogP contribution in [0, 0.1) is 0 Å². The molecule has 5 heteroatoms. The van der Waals surface area contributed by atoms with E-state index in [4.69, 9.17) is 22.1 Å². The quantitative estimate of drug-likeness (QED) is 0.627. The molecule has 13 heavy (non-hydrogen) atoms. The Labute approximate surface area is 87.2 Å². The summed E-state index contributed by atoms with van der Waals surface area (Å²) >= 11 is 5.07. The van der Waals surface area contributed by atoms with Crippen LogP contribution < -0.4 is 10.5 Å². The first-order chi connectivity index (χ1) is 5.68. The van der Waals surface area contributed by atoms with Crippen LogP contribution in [0.2, 0.25) is 0 Å². The van der Waals surface area contributed by atoms with Crippen molar-refractivity contribution >= 4 is 34.9 Å². The van der Waals surface area contributed by atoms with Crippen LogP contribution in [-0.2, 0) is 4.79 Å². The maximum atomic E-state index is 10.3. The van der Waals surface area contributed by atoms with Gasteiger partial charge in [-0.25, -0.2) is 0 Å². The van der Waals surface area contributed by atoms with Crippen molar-refractivity contribution < 1.29 is 9.53 Å². The minimum atomic E-state index is -0.521. The van der Waals surface area contributed by atoms with E-state index in [-0.39, 0.29) is 19.0 Å². The molecule has 0 aliphatic carbocycles. The summed E-state index contributed by atoms with van der Waals surface area (Å²) in [7, 11) is 0. The third kappa shape index (κ3) is 4.60. The van der Waals surface area contributed by atoms with E-state index < -0.39 is 5.24 Å². The molecule has 0 spiro atoms. The Kier molecular flexibility index (Phi) is 5.26. The lowest BCUT2D eigenvalue weighted by Crippen LogP contribution is -2.04. The van der Waals surface area contributed by atoms with E-state index in [9.17, 15) is 4.79 Å². The summed E-state index contributed by atoms with van der Waals surface area (Å²) < 4.78 is 4.99. The molecule has 0 saturated carbocycles. The van der Waals surface area contributed by atoms with Crippen LogP contribution in [0.4, 0.5) is 5.69 Å². The van der Waals surface area contributed by atoms with Crippen LogP contribution in [0.1, 0.15) is 0 Å². The maximum absolute atomic E-state index is 10.3. The number of carbonyl (C=O) groups excluding carboxylic acids is 1. The highest BCUT2D eigenvalue weighted by atomic mass is 35.5. The monoisotopic (exact) mass is 221 g/mol. The van der Waals surface area contributed by atoms with E-state index >= 15 is 0 Å². The molecule has 0 fully saturated rings. The number of hydrogen-bond donors (Lipinski definition) is 1. The molecule has 1 rings (SSSR count). The highest BCUT2D eigenvalue weighted by Gasteiger charge is 1.97. The molecule has 1 aromatic carbocycles. The normalized spacial score (nSPS) is 8.69. The third-order valence-corrected chi connectivity index (χ3v) is 1.34. The molecule has 1 aromatic rings. The lowest BCUT2D eigenvalue weighted by Gasteiger charge is -2.01. The van der Waals surface area contributed by atoms with Gasteiger partial charge in [0.1, 0.15) is 5.75 Å². The summed E-state index contributed by atoms with van der Waals surface area (Å²) in [4.78, 5) is 10.3. The molecule has 0 radical (unpaired) electrons. The minimum Gasteiger partial charge on any atom is -0.484 e. The Morgan fingerprint density at radius 1 is 1.38 bits per heavy atom. The van der Waals surface area contributed by atoms with Crippen molar-refractivity contribution in [3.05, 3.63) is 24.3 Å². The van der Waals surface area contributed by atoms with Crippen molar-refractivity contribution in [1.29, 1.82) is 0 Å². The fraction of sp³-hybridized carbons (Fsp3) is 0.125. The largest absolute Gasteiger partial charge is 0.484 e. The lowest BCUT2D eigenvalue weighted by atomic mass is 10.3. The molecule has 0 aliphatic rings. The van der Waals surface area contributed by atoms with E-state index in [1.54, 1.807) is 24.3 Å². The van der Waals surface area contributed by atoms with Crippen molar-refractivity contribution in [2.45, 2.75) is 0 Å². The first-order valence-electron chi connectivity index (χ1n) is 3.35. The molecule has 0 amide bonds. The summed E-state index contributed by atoms with van der Waals surface area (Å²) in [5, 5.41) is -0.521. The molecule has 0 atom stereocenters. The second-order valence-electron chi connectivity index (χ2n) is 2.21. The third-order valence-electron chi connectivity index (χ3n) is 1.23. The van der Waals surface area contributed by atoms with Gasteiger partial charge in [0.15, 0.2) is 6.61 Å². The van der Waals surface area contributed by atoms with Gasteiger partial charge in [-0.1, -0.05) is 0 Å². The van der Waals surface area contributed by atoms with Crippen molar-refractivity contribution in [2.75, 3.05) is 12.3 Å². The lowest BCUT2D eigenvalue weighted by molar-refractivity contribution is -0.113. The number of nitrogens with two attached hydrogens (primary N) is 1. The highest BCUT2D eigenvalue weighted by Crippen LogP contribution is 2.12. The van der Waals surface area contributed by atoms with Gasteiger partial charge >= 0.3 is 0 Å². The van der Waals surface area contributed by atoms with Gasteiger partial charge in [-0.15, -0.1) is 12.4 Å². The Morgan fingerprint density at radius 2 is 1.92 bits per heavy atom. The summed E-state index contributed by atoms with van der Waals surface area (Å²) in [5.41, 5.74) is 6.09. The molecule has 0 unspecified atom stereocenters. The molecule has 0 heterocycles. The van der Waals surface area contributed by atoms with E-state index in [1.165, 1.54) is 0 Å². The van der Waals surface area contributed by atoms with Crippen LogP contribution >= 0.6 is 24.0 Å². The van der Waals surface area contributed by atoms with Gasteiger partial charge in [-0.3, -0.25) is 4.79 Å². The van der Waals surface area contributed by atoms with Crippen LogP contribution in [0.15, 0.2) is 24.3 Å². The molecule has 0 aliphatic heterocycles. The van der Waals surface area contributed by atoms with Gasteiger partial charge in [-0.2, -0.15) is 0 Å². The van der Waals surface area contributed by atoms with Crippen molar-refractivity contribution in [3.63, 3.8) is 0 Å². The average molecular weight is 222 g/mol. The fourth-order valence-corrected chi connectivity index (χ4v) is 0.759. The fourth-order valence-electron chi connectivity index (χ4n) is 0.704. The number of nitrogen functional groups attached to an aromatic ring is 1. The van der Waals surface area contributed by atoms with Gasteiger partial charge in [0.05, 0.1) is 0 Å². The highest BCUT2D eigenvalue weighted by molar-refractivity contribution is 6.63. The first kappa shape index (κ1) is 12.1. The van der Waals surface area contributed by atoms with Crippen LogP contribution in [-0.4, -0.2) is 11.8 Å². The van der Waals surface area contributed by atoms with Gasteiger partial charge in [0, 0.05) is 5.69 Å². The number of benzene rings is 1. The van der Waals surface area contributed by atoms with Gasteiger partial charge in [-0.05, 0) is 35.9 Å². The van der Waals surface area contributed by atoms with Gasteiger partial charge in [0.2, 0.25) is 0 Å². The topological polar surface area (TPSA) is 52.3 Å². The standard InChI is InChI=1S/C8H8ClNO2.ClH/c9-8(11)5-12-7-3-1-6(10)2-4-7;/h1-4H,5,10H2;1H. The molecular formula is C8H9Cl2NO2. The molecular weight excluding hydrogens is 213 g/mol. The molecule has 72 valence electrons. The maximum Gasteiger partial charge on any atom is 0.259 e. The zero-order chi connectivity index (χ0) is 8.97. The Morgan fingerprint density at radius 3 is 2.38 bits per heavy atom. The Balaban J connectivity index is 0.00000144. The zero-order valence-corrected chi connectivity index (χ0v) is 8.27. The SMILES string of the molecule is Cl.Nc1ccc(OCC(=O)Cl)cc1. The molecule has 3 nitrogen and oxygen atoms in total. The average Bonchev–Trinajstić information content (AvgIpc) is 2.03. The predicted octanol–water partition coefficient (Wildman–Crippen LogP) is 1.83.